The number of Topliss-reactive ketones (excluding diaryl/α,β-unsaturated/α-hetero) is 2. The van der Waals surface area contributed by atoms with E-state index in [-0.39, 0.29) is 18.2 Å². The van der Waals surface area contributed by atoms with Gasteiger partial charge in [-0.05, 0) is 66.9 Å². The number of aromatic amines is 1. The van der Waals surface area contributed by atoms with Gasteiger partial charge in [0.15, 0.2) is 12.4 Å². The Morgan fingerprint density at radius 2 is 1.91 bits per heavy atom. The fourth-order valence-corrected chi connectivity index (χ4v) is 3.10. The highest BCUT2D eigenvalue weighted by atomic mass is 79.9. The van der Waals surface area contributed by atoms with Gasteiger partial charge in [-0.15, -0.1) is 0 Å². The molecule has 0 bridgehead atoms. The number of hydrogen-bond donors (Lipinski definition) is 1. The van der Waals surface area contributed by atoms with Crippen molar-refractivity contribution in [2.45, 2.75) is 27.7 Å². The summed E-state index contributed by atoms with van der Waals surface area (Å²) < 4.78 is 6.38. The molecule has 0 saturated carbocycles. The Morgan fingerprint density at radius 1 is 1.23 bits per heavy atom. The molecule has 0 spiro atoms. The van der Waals surface area contributed by atoms with E-state index in [4.69, 9.17) is 4.74 Å². The molecule has 0 saturated heterocycles. The summed E-state index contributed by atoms with van der Waals surface area (Å²) in [5.74, 6) is 0.389. The van der Waals surface area contributed by atoms with E-state index in [0.717, 1.165) is 10.0 Å². The zero-order valence-corrected chi connectivity index (χ0v) is 14.6. The Labute approximate surface area is 138 Å². The van der Waals surface area contributed by atoms with Crippen LogP contribution in [0.4, 0.5) is 0 Å². The molecule has 5 heteroatoms. The Morgan fingerprint density at radius 3 is 2.45 bits per heavy atom. The Hall–Kier alpha value is -1.88. The summed E-state index contributed by atoms with van der Waals surface area (Å²) in [5, 5.41) is 0. The van der Waals surface area contributed by atoms with Gasteiger partial charge >= 0.3 is 0 Å². The van der Waals surface area contributed by atoms with Crippen molar-refractivity contribution in [2.75, 3.05) is 6.61 Å². The van der Waals surface area contributed by atoms with Crippen molar-refractivity contribution in [1.82, 2.24) is 4.98 Å². The molecule has 0 aliphatic carbocycles. The molecule has 1 aromatic carbocycles. The van der Waals surface area contributed by atoms with Crippen molar-refractivity contribution in [1.29, 1.82) is 0 Å². The molecule has 0 radical (unpaired) electrons. The topological polar surface area (TPSA) is 59.2 Å². The molecule has 22 heavy (non-hydrogen) atoms. The number of ketones is 2. The lowest BCUT2D eigenvalue weighted by molar-refractivity contribution is 0.0915. The summed E-state index contributed by atoms with van der Waals surface area (Å²) in [6.07, 6.45) is 0. The zero-order valence-electron chi connectivity index (χ0n) is 13.0. The highest BCUT2D eigenvalue weighted by Crippen LogP contribution is 2.26. The van der Waals surface area contributed by atoms with Gasteiger partial charge in [-0.2, -0.15) is 0 Å². The summed E-state index contributed by atoms with van der Waals surface area (Å²) in [6.45, 7) is 6.96. The van der Waals surface area contributed by atoms with Crippen molar-refractivity contribution >= 4 is 27.5 Å². The molecular formula is C17H18BrNO3. The Kier molecular flexibility index (Phi) is 4.86. The van der Waals surface area contributed by atoms with Crippen LogP contribution < -0.4 is 4.74 Å². The maximum Gasteiger partial charge on any atom is 0.216 e. The van der Waals surface area contributed by atoms with Crippen molar-refractivity contribution in [3.8, 4) is 5.75 Å². The minimum Gasteiger partial charge on any atom is -0.484 e. The second-order valence-electron chi connectivity index (χ2n) is 5.33. The lowest BCUT2D eigenvalue weighted by atomic mass is 10.1. The van der Waals surface area contributed by atoms with Crippen molar-refractivity contribution < 1.29 is 14.3 Å². The number of hydrogen-bond acceptors (Lipinski definition) is 3. The SMILES string of the molecule is CC(=O)c1c(C)[nH]c(C(=O)COc2ccc(C)cc2Br)c1C. The van der Waals surface area contributed by atoms with Gasteiger partial charge in [-0.3, -0.25) is 9.59 Å². The van der Waals surface area contributed by atoms with E-state index < -0.39 is 0 Å². The molecule has 1 N–H and O–H groups in total. The van der Waals surface area contributed by atoms with Crippen LogP contribution in [-0.4, -0.2) is 23.2 Å². The molecule has 1 aromatic heterocycles. The van der Waals surface area contributed by atoms with E-state index in [1.165, 1.54) is 6.92 Å². The van der Waals surface area contributed by atoms with Gasteiger partial charge < -0.3 is 9.72 Å². The van der Waals surface area contributed by atoms with Crippen molar-refractivity contribution in [3.05, 3.63) is 50.8 Å². The van der Waals surface area contributed by atoms with E-state index >= 15 is 0 Å². The average Bonchev–Trinajstić information content (AvgIpc) is 2.72. The quantitative estimate of drug-likeness (QED) is 0.811. The van der Waals surface area contributed by atoms with E-state index in [0.29, 0.717) is 28.3 Å². The fourth-order valence-electron chi connectivity index (χ4n) is 2.50. The molecule has 0 fully saturated rings. The molecule has 2 aromatic rings. The predicted octanol–water partition coefficient (Wildman–Crippen LogP) is 4.17. The summed E-state index contributed by atoms with van der Waals surface area (Å²) >= 11 is 3.41. The maximum absolute atomic E-state index is 12.3. The molecule has 4 nitrogen and oxygen atoms in total. The van der Waals surface area contributed by atoms with Gasteiger partial charge in [0.1, 0.15) is 5.75 Å². The number of benzene rings is 1. The number of carbonyl (C=O) groups excluding carboxylic acids is 2. The molecule has 1 heterocycles. The second kappa shape index (κ2) is 6.48. The number of halogens is 1. The minimum absolute atomic E-state index is 0.0486. The number of rotatable bonds is 5. The van der Waals surface area contributed by atoms with Crippen LogP contribution in [0.25, 0.3) is 0 Å². The number of carbonyl (C=O) groups is 2. The number of aryl methyl sites for hydroxylation is 2. The molecule has 0 atom stereocenters. The summed E-state index contributed by atoms with van der Waals surface area (Å²) in [4.78, 5) is 26.9. The van der Waals surface area contributed by atoms with Gasteiger partial charge in [0.05, 0.1) is 10.2 Å². The number of aromatic nitrogens is 1. The monoisotopic (exact) mass is 363 g/mol. The predicted molar refractivity (Wildman–Crippen MR) is 89.0 cm³/mol. The van der Waals surface area contributed by atoms with Gasteiger partial charge in [0.25, 0.3) is 0 Å². The first-order valence-corrected chi connectivity index (χ1v) is 7.72. The van der Waals surface area contributed by atoms with Crippen LogP contribution in [-0.2, 0) is 0 Å². The standard InChI is InChI=1S/C17H18BrNO3/c1-9-5-6-15(13(18)7-9)22-8-14(21)17-10(2)16(12(4)20)11(3)19-17/h5-7,19H,8H2,1-4H3. The van der Waals surface area contributed by atoms with Crippen LogP contribution in [0.2, 0.25) is 0 Å². The van der Waals surface area contributed by atoms with E-state index in [1.54, 1.807) is 13.8 Å². The van der Waals surface area contributed by atoms with E-state index in [9.17, 15) is 9.59 Å². The third-order valence-corrected chi connectivity index (χ3v) is 4.13. The van der Waals surface area contributed by atoms with Crippen LogP contribution in [0.1, 0.15) is 44.6 Å². The third-order valence-electron chi connectivity index (χ3n) is 3.51. The third kappa shape index (κ3) is 3.30. The van der Waals surface area contributed by atoms with E-state index in [1.807, 2.05) is 25.1 Å². The van der Waals surface area contributed by atoms with Gasteiger partial charge in [-0.25, -0.2) is 0 Å². The smallest absolute Gasteiger partial charge is 0.216 e. The number of ether oxygens (including phenoxy) is 1. The Bertz CT molecular complexity index is 747. The Balaban J connectivity index is 2.16. The van der Waals surface area contributed by atoms with Gasteiger partial charge in [0.2, 0.25) is 5.78 Å². The summed E-state index contributed by atoms with van der Waals surface area (Å²) in [5.41, 5.74) is 3.52. The molecule has 116 valence electrons. The first-order valence-electron chi connectivity index (χ1n) is 6.93. The highest BCUT2D eigenvalue weighted by Gasteiger charge is 2.20. The lowest BCUT2D eigenvalue weighted by Crippen LogP contribution is -2.13. The molecule has 2 rings (SSSR count). The molecule has 0 unspecified atom stereocenters. The average molecular weight is 364 g/mol. The number of nitrogens with one attached hydrogen (secondary N) is 1. The largest absolute Gasteiger partial charge is 0.484 e. The van der Waals surface area contributed by atoms with Crippen LogP contribution in [0.15, 0.2) is 22.7 Å². The first kappa shape index (κ1) is 16.5. The van der Waals surface area contributed by atoms with Crippen LogP contribution in [0.3, 0.4) is 0 Å². The van der Waals surface area contributed by atoms with Crippen LogP contribution in [0, 0.1) is 20.8 Å². The van der Waals surface area contributed by atoms with Crippen molar-refractivity contribution in [2.24, 2.45) is 0 Å². The minimum atomic E-state index is -0.180. The molecule has 0 aliphatic heterocycles. The second-order valence-corrected chi connectivity index (χ2v) is 6.18. The number of H-pyrrole nitrogens is 1. The maximum atomic E-state index is 12.3. The normalized spacial score (nSPS) is 10.6. The van der Waals surface area contributed by atoms with Crippen LogP contribution in [0.5, 0.6) is 5.75 Å². The van der Waals surface area contributed by atoms with Crippen molar-refractivity contribution in [3.63, 3.8) is 0 Å². The van der Waals surface area contributed by atoms with Gasteiger partial charge in [-0.1, -0.05) is 6.07 Å². The molecule has 0 amide bonds. The lowest BCUT2D eigenvalue weighted by Gasteiger charge is -2.08. The molecular weight excluding hydrogens is 346 g/mol. The van der Waals surface area contributed by atoms with Gasteiger partial charge in [0, 0.05) is 11.3 Å². The molecule has 0 aliphatic rings. The summed E-state index contributed by atoms with van der Waals surface area (Å²) in [7, 11) is 0. The highest BCUT2D eigenvalue weighted by molar-refractivity contribution is 9.10. The zero-order chi connectivity index (χ0) is 16.4. The fraction of sp³-hybridized carbons (Fsp3) is 0.294. The van der Waals surface area contributed by atoms with Crippen LogP contribution >= 0.6 is 15.9 Å². The van der Waals surface area contributed by atoms with E-state index in [2.05, 4.69) is 20.9 Å². The first-order chi connectivity index (χ1) is 10.3. The summed E-state index contributed by atoms with van der Waals surface area (Å²) in [6, 6.07) is 5.67.